The zero-order chi connectivity index (χ0) is 26.5. The first kappa shape index (κ1) is 26.0. The van der Waals surface area contributed by atoms with Crippen molar-refractivity contribution < 1.29 is 22.0 Å². The fraction of sp³-hybridized carbons (Fsp3) is 0.240. The molecule has 37 heavy (non-hydrogen) atoms. The van der Waals surface area contributed by atoms with Gasteiger partial charge in [-0.05, 0) is 35.0 Å². The van der Waals surface area contributed by atoms with Crippen LogP contribution in [0.25, 0.3) is 21.7 Å². The predicted molar refractivity (Wildman–Crippen MR) is 143 cm³/mol. The zero-order valence-electron chi connectivity index (χ0n) is 19.1. The van der Waals surface area contributed by atoms with E-state index in [4.69, 9.17) is 34.8 Å². The third-order valence-corrected chi connectivity index (χ3v) is 8.62. The Balaban J connectivity index is 1.56. The first-order chi connectivity index (χ1) is 17.5. The van der Waals surface area contributed by atoms with Gasteiger partial charge in [-0.3, -0.25) is 4.79 Å². The standard InChI is InChI=1S/C25H20Cl3F2N3O3S/c26-25(27,28)24(34)32-12-10-31(11-13-32)20-6-3-7-21-22(20)19(23(29)30)15-33(21)37(35,36)18-9-8-16-4-1-2-5-17(16)14-18/h1-9,14-15,23H,10-13H2. The van der Waals surface area contributed by atoms with Gasteiger partial charge >= 0.3 is 0 Å². The van der Waals surface area contributed by atoms with Crippen molar-refractivity contribution in [3.8, 4) is 0 Å². The number of piperazine rings is 1. The molecule has 1 aliphatic rings. The van der Waals surface area contributed by atoms with E-state index < -0.39 is 31.7 Å². The lowest BCUT2D eigenvalue weighted by Crippen LogP contribution is -2.51. The average Bonchev–Trinajstić information content (AvgIpc) is 3.29. The average molecular weight is 587 g/mol. The summed E-state index contributed by atoms with van der Waals surface area (Å²) in [7, 11) is -4.19. The molecule has 0 unspecified atom stereocenters. The van der Waals surface area contributed by atoms with Gasteiger partial charge in [-0.2, -0.15) is 0 Å². The summed E-state index contributed by atoms with van der Waals surface area (Å²) in [6.07, 6.45) is -1.92. The highest BCUT2D eigenvalue weighted by atomic mass is 35.6. The molecule has 3 aromatic carbocycles. The van der Waals surface area contributed by atoms with E-state index in [0.29, 0.717) is 5.69 Å². The van der Waals surface area contributed by atoms with Crippen molar-refractivity contribution in [1.29, 1.82) is 0 Å². The Hall–Kier alpha value is -2.59. The summed E-state index contributed by atoms with van der Waals surface area (Å²) >= 11 is 17.1. The third-order valence-electron chi connectivity index (χ3n) is 6.47. The van der Waals surface area contributed by atoms with Crippen LogP contribution >= 0.6 is 34.8 Å². The Morgan fingerprint density at radius 3 is 2.22 bits per heavy atom. The number of benzene rings is 3. The van der Waals surface area contributed by atoms with E-state index in [1.807, 2.05) is 17.0 Å². The Morgan fingerprint density at radius 2 is 1.57 bits per heavy atom. The lowest BCUT2D eigenvalue weighted by Gasteiger charge is -2.37. The highest BCUT2D eigenvalue weighted by Gasteiger charge is 2.37. The molecule has 1 amide bonds. The molecule has 0 saturated carbocycles. The topological polar surface area (TPSA) is 62.6 Å². The monoisotopic (exact) mass is 585 g/mol. The van der Waals surface area contributed by atoms with Crippen LogP contribution in [0, 0.1) is 0 Å². The summed E-state index contributed by atoms with van der Waals surface area (Å²) in [6, 6.07) is 16.8. The van der Waals surface area contributed by atoms with Crippen LogP contribution in [-0.4, -0.2) is 53.2 Å². The van der Waals surface area contributed by atoms with Crippen LogP contribution < -0.4 is 4.90 Å². The molecule has 0 bridgehead atoms. The molecule has 0 N–H and O–H groups in total. The number of carbonyl (C=O) groups excluding carboxylic acids is 1. The highest BCUT2D eigenvalue weighted by Crippen LogP contribution is 2.39. The second kappa shape index (κ2) is 9.62. The number of fused-ring (bicyclic) bond motifs is 2. The molecular weight excluding hydrogens is 567 g/mol. The van der Waals surface area contributed by atoms with Crippen molar-refractivity contribution in [1.82, 2.24) is 8.87 Å². The van der Waals surface area contributed by atoms with E-state index in [0.717, 1.165) is 20.9 Å². The first-order valence-electron chi connectivity index (χ1n) is 11.3. The Bertz CT molecular complexity index is 1610. The minimum Gasteiger partial charge on any atom is -0.367 e. The van der Waals surface area contributed by atoms with Crippen LogP contribution in [0.2, 0.25) is 0 Å². The first-order valence-corrected chi connectivity index (χ1v) is 13.8. The number of hydrogen-bond donors (Lipinski definition) is 0. The fourth-order valence-corrected chi connectivity index (χ4v) is 6.43. The number of amides is 1. The maximum atomic E-state index is 14.2. The maximum absolute atomic E-state index is 14.2. The van der Waals surface area contributed by atoms with E-state index in [-0.39, 0.29) is 42.0 Å². The number of nitrogens with zero attached hydrogens (tertiary/aromatic N) is 3. The maximum Gasteiger partial charge on any atom is 0.274 e. The van der Waals surface area contributed by atoms with Crippen molar-refractivity contribution in [3.05, 3.63) is 72.4 Å². The molecule has 6 nitrogen and oxygen atoms in total. The Labute approximate surface area is 227 Å². The van der Waals surface area contributed by atoms with Gasteiger partial charge in [-0.15, -0.1) is 0 Å². The van der Waals surface area contributed by atoms with Gasteiger partial charge in [0.05, 0.1) is 10.4 Å². The molecule has 1 saturated heterocycles. The quantitative estimate of drug-likeness (QED) is 0.276. The predicted octanol–water partition coefficient (Wildman–Crippen LogP) is 5.99. The largest absolute Gasteiger partial charge is 0.367 e. The number of carbonyl (C=O) groups is 1. The SMILES string of the molecule is O=C(N1CCN(c2cccc3c2c(C(F)F)cn3S(=O)(=O)c2ccc3ccccc3c2)CC1)C(Cl)(Cl)Cl. The molecule has 1 fully saturated rings. The molecule has 12 heteroatoms. The van der Waals surface area contributed by atoms with Crippen LogP contribution in [0.1, 0.15) is 12.0 Å². The normalized spacial score (nSPS) is 15.2. The van der Waals surface area contributed by atoms with Crippen molar-refractivity contribution in [2.24, 2.45) is 0 Å². The van der Waals surface area contributed by atoms with Crippen molar-refractivity contribution >= 4 is 78.1 Å². The van der Waals surface area contributed by atoms with Gasteiger partial charge in [0, 0.05) is 49.0 Å². The van der Waals surface area contributed by atoms with Crippen LogP contribution in [0.5, 0.6) is 0 Å². The van der Waals surface area contributed by atoms with E-state index >= 15 is 0 Å². The molecule has 0 radical (unpaired) electrons. The molecule has 1 aliphatic heterocycles. The van der Waals surface area contributed by atoms with Gasteiger partial charge < -0.3 is 9.80 Å². The van der Waals surface area contributed by atoms with Gasteiger partial charge in [0.2, 0.25) is 0 Å². The number of rotatable bonds is 4. The number of halogens is 5. The van der Waals surface area contributed by atoms with Gasteiger partial charge in [0.25, 0.3) is 26.1 Å². The van der Waals surface area contributed by atoms with E-state index in [1.54, 1.807) is 30.3 Å². The Morgan fingerprint density at radius 1 is 0.892 bits per heavy atom. The minimum atomic E-state index is -4.19. The van der Waals surface area contributed by atoms with Crippen LogP contribution in [0.15, 0.2) is 71.8 Å². The van der Waals surface area contributed by atoms with Gasteiger partial charge in [0.1, 0.15) is 0 Å². The second-order valence-corrected chi connectivity index (χ2v) is 12.7. The number of aromatic nitrogens is 1. The van der Waals surface area contributed by atoms with E-state index in [1.165, 1.54) is 23.1 Å². The summed E-state index contributed by atoms with van der Waals surface area (Å²) in [4.78, 5) is 15.5. The molecule has 194 valence electrons. The molecule has 0 spiro atoms. The lowest BCUT2D eigenvalue weighted by atomic mass is 10.1. The fourth-order valence-electron chi connectivity index (χ4n) is 4.67. The van der Waals surface area contributed by atoms with Crippen molar-refractivity contribution in [2.45, 2.75) is 15.1 Å². The third kappa shape index (κ3) is 4.74. The minimum absolute atomic E-state index is 0.00634. The zero-order valence-corrected chi connectivity index (χ0v) is 22.2. The molecule has 5 rings (SSSR count). The summed E-state index contributed by atoms with van der Waals surface area (Å²) in [5.41, 5.74) is 0.191. The molecule has 4 aromatic rings. The summed E-state index contributed by atoms with van der Waals surface area (Å²) < 4.78 is 54.6. The van der Waals surface area contributed by atoms with Gasteiger partial charge in [-0.25, -0.2) is 21.2 Å². The molecular formula is C25H20Cl3F2N3O3S. The number of alkyl halides is 5. The van der Waals surface area contributed by atoms with Crippen molar-refractivity contribution in [3.63, 3.8) is 0 Å². The number of anilines is 1. The van der Waals surface area contributed by atoms with Gasteiger partial charge in [0.15, 0.2) is 0 Å². The van der Waals surface area contributed by atoms with Crippen LogP contribution in [0.3, 0.4) is 0 Å². The highest BCUT2D eigenvalue weighted by molar-refractivity contribution is 7.90. The second-order valence-electron chi connectivity index (χ2n) is 8.64. The summed E-state index contributed by atoms with van der Waals surface area (Å²) in [5, 5.41) is 1.72. The van der Waals surface area contributed by atoms with Crippen LogP contribution in [-0.2, 0) is 14.8 Å². The molecule has 0 aliphatic carbocycles. The smallest absolute Gasteiger partial charge is 0.274 e. The Kier molecular flexibility index (Phi) is 6.77. The summed E-state index contributed by atoms with van der Waals surface area (Å²) in [5.74, 6) is -0.656. The molecule has 1 aromatic heterocycles. The van der Waals surface area contributed by atoms with Crippen molar-refractivity contribution in [2.75, 3.05) is 31.1 Å². The molecule has 2 heterocycles. The van der Waals surface area contributed by atoms with E-state index in [9.17, 15) is 22.0 Å². The lowest BCUT2D eigenvalue weighted by molar-refractivity contribution is -0.130. The summed E-state index contributed by atoms with van der Waals surface area (Å²) in [6.45, 7) is 1.00. The number of hydrogen-bond acceptors (Lipinski definition) is 4. The van der Waals surface area contributed by atoms with E-state index in [2.05, 4.69) is 0 Å². The van der Waals surface area contributed by atoms with Crippen LogP contribution in [0.4, 0.5) is 14.5 Å². The molecule has 0 atom stereocenters. The van der Waals surface area contributed by atoms with Gasteiger partial charge in [-0.1, -0.05) is 71.2 Å².